The van der Waals surface area contributed by atoms with Gasteiger partial charge in [-0.05, 0) is 19.3 Å². The van der Waals surface area contributed by atoms with Crippen LogP contribution in [0.4, 0.5) is 0 Å². The van der Waals surface area contributed by atoms with Crippen LogP contribution in [0.2, 0.25) is 0 Å². The van der Waals surface area contributed by atoms with Crippen LogP contribution in [0.5, 0.6) is 0 Å². The first kappa shape index (κ1) is 43.9. The second-order valence-electron chi connectivity index (χ2n) is 8.03. The van der Waals surface area contributed by atoms with Crippen molar-refractivity contribution < 1.29 is 50.8 Å². The van der Waals surface area contributed by atoms with Crippen LogP contribution in [0.15, 0.2) is 0 Å². The van der Waals surface area contributed by atoms with E-state index in [9.17, 15) is 0 Å². The minimum Gasteiger partial charge on any atom is -1.00 e. The Kier molecular flexibility index (Phi) is 54.8. The Balaban J connectivity index is -0.000000607. The Morgan fingerprint density at radius 2 is 0.594 bits per heavy atom. The first-order chi connectivity index (χ1) is 13.8. The van der Waals surface area contributed by atoms with E-state index in [2.05, 4.69) is 20.8 Å². The topological polar surface area (TPSA) is 27.7 Å². The van der Waals surface area contributed by atoms with Crippen LogP contribution < -0.4 is 37.2 Å². The molecule has 0 fully saturated rings. The van der Waals surface area contributed by atoms with Crippen LogP contribution >= 0.6 is 8.60 Å². The van der Waals surface area contributed by atoms with Crippen LogP contribution in [0.3, 0.4) is 0 Å². The molecule has 0 heterocycles. The van der Waals surface area contributed by atoms with Crippen LogP contribution in [-0.2, 0) is 13.6 Å². The first-order valence-corrected chi connectivity index (χ1v) is 13.6. The molecular formula is C24H51Cl3GaO3P. The standard InChI is InChI=1S/C24H51O3P.3ClH.Ga/c1-4-7-10-13-16-19-22-25-28(26-23-20-17-14-11-8-5-2)27-24-21-18-15-12-9-6-3;;;;/h4-24H2,1-3H3;3*1H;/q;;;;+3/p-3. The van der Waals surface area contributed by atoms with Gasteiger partial charge in [0.25, 0.3) is 0 Å². The van der Waals surface area contributed by atoms with Gasteiger partial charge in [0.1, 0.15) is 0 Å². The molecule has 0 aromatic rings. The Labute approximate surface area is 234 Å². The summed E-state index contributed by atoms with van der Waals surface area (Å²) in [7, 11) is -1.14. The van der Waals surface area contributed by atoms with Gasteiger partial charge < -0.3 is 50.8 Å². The maximum Gasteiger partial charge on any atom is 3.00 e. The van der Waals surface area contributed by atoms with Crippen LogP contribution in [-0.4, -0.2) is 39.6 Å². The van der Waals surface area contributed by atoms with Crippen molar-refractivity contribution >= 4 is 28.4 Å². The molecule has 0 aliphatic heterocycles. The fraction of sp³-hybridized carbons (Fsp3) is 1.00. The molecule has 0 spiro atoms. The third-order valence-corrected chi connectivity index (χ3v) is 6.26. The summed E-state index contributed by atoms with van der Waals surface area (Å²) < 4.78 is 17.9. The van der Waals surface area contributed by atoms with Crippen molar-refractivity contribution in [3.05, 3.63) is 0 Å². The summed E-state index contributed by atoms with van der Waals surface area (Å²) in [5.74, 6) is 0. The summed E-state index contributed by atoms with van der Waals surface area (Å²) in [5, 5.41) is 0. The molecule has 32 heavy (non-hydrogen) atoms. The van der Waals surface area contributed by atoms with Gasteiger partial charge in [0.15, 0.2) is 0 Å². The normalized spacial score (nSPS) is 10.1. The maximum absolute atomic E-state index is 5.96. The van der Waals surface area contributed by atoms with Gasteiger partial charge in [0.05, 0.1) is 19.8 Å². The number of rotatable bonds is 24. The number of hydrogen-bond acceptors (Lipinski definition) is 3. The van der Waals surface area contributed by atoms with Crippen molar-refractivity contribution in [2.45, 2.75) is 136 Å². The molecule has 0 unspecified atom stereocenters. The third kappa shape index (κ3) is 36.4. The summed E-state index contributed by atoms with van der Waals surface area (Å²) >= 11 is 0. The zero-order valence-electron chi connectivity index (χ0n) is 21.2. The first-order valence-electron chi connectivity index (χ1n) is 12.5. The molecule has 0 aromatic heterocycles. The monoisotopic (exact) mass is 592 g/mol. The van der Waals surface area contributed by atoms with Gasteiger partial charge in [-0.3, -0.25) is 0 Å². The Hall–Kier alpha value is 1.82. The molecule has 194 valence electrons. The van der Waals surface area contributed by atoms with E-state index in [1.54, 1.807) is 0 Å². The Morgan fingerprint density at radius 3 is 0.844 bits per heavy atom. The number of unbranched alkanes of at least 4 members (excludes halogenated alkanes) is 15. The molecule has 0 rings (SSSR count). The molecule has 0 amide bonds. The molecule has 0 saturated heterocycles. The molecule has 0 N–H and O–H groups in total. The van der Waals surface area contributed by atoms with Crippen molar-refractivity contribution in [3.63, 3.8) is 0 Å². The van der Waals surface area contributed by atoms with Gasteiger partial charge in [-0.15, -0.1) is 0 Å². The van der Waals surface area contributed by atoms with Gasteiger partial charge in [-0.25, -0.2) is 0 Å². The van der Waals surface area contributed by atoms with Crippen molar-refractivity contribution in [3.8, 4) is 0 Å². The van der Waals surface area contributed by atoms with Gasteiger partial charge in [0.2, 0.25) is 0 Å². The van der Waals surface area contributed by atoms with Gasteiger partial charge in [-0.2, -0.15) is 0 Å². The smallest absolute Gasteiger partial charge is 1.00 e. The summed E-state index contributed by atoms with van der Waals surface area (Å²) in [5.41, 5.74) is 0. The van der Waals surface area contributed by atoms with E-state index >= 15 is 0 Å². The van der Waals surface area contributed by atoms with Gasteiger partial charge >= 0.3 is 28.4 Å². The molecule has 0 atom stereocenters. The molecule has 0 radical (unpaired) electrons. The minimum atomic E-state index is -1.14. The van der Waals surface area contributed by atoms with E-state index in [4.69, 9.17) is 13.6 Å². The van der Waals surface area contributed by atoms with Crippen LogP contribution in [0.25, 0.3) is 0 Å². The summed E-state index contributed by atoms with van der Waals surface area (Å²) in [6.45, 7) is 9.14. The zero-order valence-corrected chi connectivity index (χ0v) is 26.8. The van der Waals surface area contributed by atoms with Crippen molar-refractivity contribution in [2.75, 3.05) is 19.8 Å². The van der Waals surface area contributed by atoms with E-state index in [1.165, 1.54) is 96.3 Å². The zero-order chi connectivity index (χ0) is 20.5. The summed E-state index contributed by atoms with van der Waals surface area (Å²) in [6.07, 6.45) is 23.2. The molecule has 0 aromatic carbocycles. The van der Waals surface area contributed by atoms with E-state index in [0.717, 1.165) is 39.1 Å². The van der Waals surface area contributed by atoms with E-state index in [-0.39, 0.29) is 57.0 Å². The molecule has 0 saturated carbocycles. The maximum atomic E-state index is 5.96. The number of hydrogen-bond donors (Lipinski definition) is 0. The van der Waals surface area contributed by atoms with Crippen molar-refractivity contribution in [2.24, 2.45) is 0 Å². The second kappa shape index (κ2) is 40.0. The average molecular weight is 595 g/mol. The molecule has 3 nitrogen and oxygen atoms in total. The molecule has 8 heteroatoms. The largest absolute Gasteiger partial charge is 3.00 e. The van der Waals surface area contributed by atoms with Crippen LogP contribution in [0.1, 0.15) is 136 Å². The minimum absolute atomic E-state index is 0. The van der Waals surface area contributed by atoms with Gasteiger partial charge in [0, 0.05) is 0 Å². The predicted octanol–water partition coefficient (Wildman–Crippen LogP) is -0.0242. The fourth-order valence-corrected chi connectivity index (χ4v) is 4.23. The van der Waals surface area contributed by atoms with Crippen LogP contribution in [0, 0.1) is 0 Å². The SMILES string of the molecule is CCCCCCCCOP(OCCCCCCCC)OCCCCCCCC.[Cl-].[Cl-].[Cl-].[Ga+3]. The molecule has 0 bridgehead atoms. The summed E-state index contributed by atoms with van der Waals surface area (Å²) in [4.78, 5) is 0. The Morgan fingerprint density at radius 1 is 0.375 bits per heavy atom. The van der Waals surface area contributed by atoms with E-state index in [0.29, 0.717) is 0 Å². The molecule has 0 aliphatic rings. The molecule has 0 aliphatic carbocycles. The second-order valence-corrected chi connectivity index (χ2v) is 9.25. The van der Waals surface area contributed by atoms with Crippen molar-refractivity contribution in [1.29, 1.82) is 0 Å². The Bertz CT molecular complexity index is 254. The third-order valence-electron chi connectivity index (χ3n) is 5.08. The number of halogens is 3. The quantitative estimate of drug-likeness (QED) is 0.0894. The fourth-order valence-electron chi connectivity index (χ4n) is 3.18. The van der Waals surface area contributed by atoms with Gasteiger partial charge in [-0.1, -0.05) is 117 Å². The average Bonchev–Trinajstić information content (AvgIpc) is 2.71. The van der Waals surface area contributed by atoms with E-state index < -0.39 is 8.60 Å². The molecular weight excluding hydrogens is 543 g/mol. The van der Waals surface area contributed by atoms with Crippen molar-refractivity contribution in [1.82, 2.24) is 0 Å². The van der Waals surface area contributed by atoms with E-state index in [1.807, 2.05) is 0 Å². The predicted molar refractivity (Wildman–Crippen MR) is 131 cm³/mol. The summed E-state index contributed by atoms with van der Waals surface area (Å²) in [6, 6.07) is 0.